The second kappa shape index (κ2) is 7.16. The van der Waals surface area contributed by atoms with E-state index in [1.807, 2.05) is 28.8 Å². The number of carbonyl (C=O) groups excluding carboxylic acids is 1. The molecule has 1 fully saturated rings. The molecule has 0 bridgehead atoms. The number of nitrogens with zero attached hydrogens (tertiary/aromatic N) is 3. The molecule has 0 radical (unpaired) electrons. The minimum Gasteiger partial charge on any atom is -0.338 e. The maximum Gasteiger partial charge on any atom is 0.223 e. The molecule has 1 amide bonds. The number of para-hydroxylation sites is 2. The minimum atomic E-state index is -0.345. The number of aromatic nitrogens is 2. The van der Waals surface area contributed by atoms with Crippen LogP contribution >= 0.6 is 11.6 Å². The lowest BCUT2D eigenvalue weighted by atomic mass is 10.1. The molecule has 4 rings (SSSR count). The van der Waals surface area contributed by atoms with E-state index in [0.29, 0.717) is 30.1 Å². The average Bonchev–Trinajstić information content (AvgIpc) is 3.19. The van der Waals surface area contributed by atoms with E-state index < -0.39 is 0 Å². The lowest BCUT2D eigenvalue weighted by Crippen LogP contribution is -2.25. The number of carbonyl (C=O) groups is 1. The molecule has 6 heteroatoms. The SMILES string of the molecule is C=CCN1C[C@@H](c2nc3ccccc3n2Cc2c(F)cccc2Cl)CC1=O. The Morgan fingerprint density at radius 1 is 1.26 bits per heavy atom. The van der Waals surface area contributed by atoms with Crippen LogP contribution in [-0.2, 0) is 11.3 Å². The Balaban J connectivity index is 1.79. The molecule has 0 N–H and O–H groups in total. The molecule has 27 heavy (non-hydrogen) atoms. The largest absolute Gasteiger partial charge is 0.338 e. The summed E-state index contributed by atoms with van der Waals surface area (Å²) in [5, 5.41) is 0.384. The van der Waals surface area contributed by atoms with Crippen LogP contribution < -0.4 is 0 Å². The predicted molar refractivity (Wildman–Crippen MR) is 104 cm³/mol. The van der Waals surface area contributed by atoms with Crippen LogP contribution in [-0.4, -0.2) is 33.4 Å². The van der Waals surface area contributed by atoms with E-state index in [0.717, 1.165) is 16.9 Å². The second-order valence-electron chi connectivity index (χ2n) is 6.73. The van der Waals surface area contributed by atoms with Crippen molar-refractivity contribution in [1.29, 1.82) is 0 Å². The van der Waals surface area contributed by atoms with Crippen LogP contribution in [0.2, 0.25) is 5.02 Å². The molecule has 0 unspecified atom stereocenters. The van der Waals surface area contributed by atoms with E-state index in [-0.39, 0.29) is 24.2 Å². The van der Waals surface area contributed by atoms with Crippen LogP contribution in [0.25, 0.3) is 11.0 Å². The van der Waals surface area contributed by atoms with E-state index in [9.17, 15) is 9.18 Å². The molecule has 0 saturated carbocycles. The van der Waals surface area contributed by atoms with Crippen LogP contribution in [0.4, 0.5) is 4.39 Å². The van der Waals surface area contributed by atoms with Crippen LogP contribution in [0, 0.1) is 5.82 Å². The summed E-state index contributed by atoms with van der Waals surface area (Å²) < 4.78 is 16.4. The number of imidazole rings is 1. The van der Waals surface area contributed by atoms with E-state index in [4.69, 9.17) is 16.6 Å². The standard InChI is InChI=1S/C21H19ClFN3O/c1-2-10-25-12-14(11-20(25)27)21-24-18-8-3-4-9-19(18)26(21)13-15-16(22)6-5-7-17(15)23/h2-9,14H,1,10-13H2/t14-/m0/s1. The molecule has 1 aromatic heterocycles. The fourth-order valence-electron chi connectivity index (χ4n) is 3.69. The first-order valence-corrected chi connectivity index (χ1v) is 9.23. The van der Waals surface area contributed by atoms with Crippen molar-refractivity contribution in [2.45, 2.75) is 18.9 Å². The zero-order chi connectivity index (χ0) is 19.0. The Labute approximate surface area is 161 Å². The molecular weight excluding hydrogens is 365 g/mol. The Kier molecular flexibility index (Phi) is 4.70. The summed E-state index contributed by atoms with van der Waals surface area (Å²) in [5.74, 6) is 0.482. The highest BCUT2D eigenvalue weighted by Crippen LogP contribution is 2.32. The number of benzene rings is 2. The van der Waals surface area contributed by atoms with Gasteiger partial charge in [0.25, 0.3) is 0 Å². The van der Waals surface area contributed by atoms with Gasteiger partial charge < -0.3 is 9.47 Å². The molecule has 0 aliphatic carbocycles. The van der Waals surface area contributed by atoms with E-state index in [1.165, 1.54) is 6.07 Å². The average molecular weight is 384 g/mol. The number of fused-ring (bicyclic) bond motifs is 1. The Bertz CT molecular complexity index is 1010. The van der Waals surface area contributed by atoms with Gasteiger partial charge in [-0.1, -0.05) is 35.9 Å². The number of halogens is 2. The first kappa shape index (κ1) is 17.7. The molecule has 2 heterocycles. The van der Waals surface area contributed by atoms with Gasteiger partial charge in [0.1, 0.15) is 11.6 Å². The first-order chi connectivity index (χ1) is 13.1. The summed E-state index contributed by atoms with van der Waals surface area (Å²) in [6, 6.07) is 12.4. The number of likely N-dealkylation sites (tertiary alicyclic amines) is 1. The molecule has 0 spiro atoms. The third-order valence-corrected chi connectivity index (χ3v) is 5.35. The summed E-state index contributed by atoms with van der Waals surface area (Å²) in [5.41, 5.74) is 2.16. The van der Waals surface area contributed by atoms with Crippen LogP contribution in [0.3, 0.4) is 0 Å². The first-order valence-electron chi connectivity index (χ1n) is 8.85. The van der Waals surface area contributed by atoms with E-state index >= 15 is 0 Å². The lowest BCUT2D eigenvalue weighted by Gasteiger charge is -2.16. The van der Waals surface area contributed by atoms with Gasteiger partial charge in [0.15, 0.2) is 0 Å². The van der Waals surface area contributed by atoms with Crippen molar-refractivity contribution in [3.8, 4) is 0 Å². The quantitative estimate of drug-likeness (QED) is 0.613. The van der Waals surface area contributed by atoms with Crippen molar-refractivity contribution < 1.29 is 9.18 Å². The lowest BCUT2D eigenvalue weighted by molar-refractivity contribution is -0.127. The molecule has 2 aromatic carbocycles. The van der Waals surface area contributed by atoms with Crippen molar-refractivity contribution in [2.24, 2.45) is 0 Å². The van der Waals surface area contributed by atoms with Crippen molar-refractivity contribution in [1.82, 2.24) is 14.5 Å². The van der Waals surface area contributed by atoms with Crippen LogP contribution in [0.15, 0.2) is 55.1 Å². The topological polar surface area (TPSA) is 38.1 Å². The highest BCUT2D eigenvalue weighted by Gasteiger charge is 2.33. The van der Waals surface area contributed by atoms with E-state index in [2.05, 4.69) is 6.58 Å². The summed E-state index contributed by atoms with van der Waals surface area (Å²) >= 11 is 6.25. The number of hydrogen-bond acceptors (Lipinski definition) is 2. The predicted octanol–water partition coefficient (Wildman–Crippen LogP) is 4.38. The summed E-state index contributed by atoms with van der Waals surface area (Å²) in [7, 11) is 0. The molecule has 1 aliphatic heterocycles. The number of amides is 1. The fraction of sp³-hybridized carbons (Fsp3) is 0.238. The highest BCUT2D eigenvalue weighted by atomic mass is 35.5. The third-order valence-electron chi connectivity index (χ3n) is 4.99. The summed E-state index contributed by atoms with van der Waals surface area (Å²) in [6.07, 6.45) is 2.12. The molecule has 1 saturated heterocycles. The second-order valence-corrected chi connectivity index (χ2v) is 7.14. The van der Waals surface area contributed by atoms with Crippen molar-refractivity contribution in [3.63, 3.8) is 0 Å². The Hall–Kier alpha value is -2.66. The normalized spacial score (nSPS) is 17.0. The van der Waals surface area contributed by atoms with Gasteiger partial charge in [0.05, 0.1) is 17.6 Å². The van der Waals surface area contributed by atoms with Crippen molar-refractivity contribution >= 4 is 28.5 Å². The molecule has 138 valence electrons. The number of rotatable bonds is 5. The van der Waals surface area contributed by atoms with Crippen molar-refractivity contribution in [3.05, 3.63) is 77.3 Å². The molecular formula is C21H19ClFN3O. The maximum atomic E-state index is 14.4. The zero-order valence-corrected chi connectivity index (χ0v) is 15.5. The highest BCUT2D eigenvalue weighted by molar-refractivity contribution is 6.31. The monoisotopic (exact) mass is 383 g/mol. The zero-order valence-electron chi connectivity index (χ0n) is 14.7. The van der Waals surface area contributed by atoms with Gasteiger partial charge in [-0.3, -0.25) is 4.79 Å². The van der Waals surface area contributed by atoms with Gasteiger partial charge in [0.2, 0.25) is 5.91 Å². The Morgan fingerprint density at radius 2 is 2.07 bits per heavy atom. The number of hydrogen-bond donors (Lipinski definition) is 0. The summed E-state index contributed by atoms with van der Waals surface area (Å²) in [6.45, 7) is 5.09. The third kappa shape index (κ3) is 3.23. The Morgan fingerprint density at radius 3 is 2.85 bits per heavy atom. The van der Waals surface area contributed by atoms with E-state index in [1.54, 1.807) is 23.1 Å². The van der Waals surface area contributed by atoms with Gasteiger partial charge >= 0.3 is 0 Å². The van der Waals surface area contributed by atoms with Gasteiger partial charge in [0, 0.05) is 36.0 Å². The maximum absolute atomic E-state index is 14.4. The minimum absolute atomic E-state index is 0.0459. The van der Waals surface area contributed by atoms with Crippen LogP contribution in [0.1, 0.15) is 23.7 Å². The van der Waals surface area contributed by atoms with Crippen LogP contribution in [0.5, 0.6) is 0 Å². The smallest absolute Gasteiger partial charge is 0.223 e. The fourth-order valence-corrected chi connectivity index (χ4v) is 3.91. The molecule has 4 nitrogen and oxygen atoms in total. The molecule has 3 aromatic rings. The van der Waals surface area contributed by atoms with Gasteiger partial charge in [-0.2, -0.15) is 0 Å². The van der Waals surface area contributed by atoms with Gasteiger partial charge in [-0.25, -0.2) is 9.37 Å². The molecule has 1 aliphatic rings. The molecule has 1 atom stereocenters. The van der Waals surface area contributed by atoms with Gasteiger partial charge in [-0.15, -0.1) is 6.58 Å². The van der Waals surface area contributed by atoms with Gasteiger partial charge in [-0.05, 0) is 24.3 Å². The summed E-state index contributed by atoms with van der Waals surface area (Å²) in [4.78, 5) is 18.8. The van der Waals surface area contributed by atoms with Crippen molar-refractivity contribution in [2.75, 3.05) is 13.1 Å².